The van der Waals surface area contributed by atoms with E-state index in [-0.39, 0.29) is 17.5 Å². The molecule has 28 heavy (non-hydrogen) atoms. The minimum absolute atomic E-state index is 0.190. The number of carbonyl (C=O) groups excluding carboxylic acids is 2. The summed E-state index contributed by atoms with van der Waals surface area (Å²) >= 11 is 0. The number of rotatable bonds is 4. The fourth-order valence-electron chi connectivity index (χ4n) is 3.08. The van der Waals surface area contributed by atoms with Gasteiger partial charge in [0.25, 0.3) is 11.8 Å². The molecule has 2 aromatic heterocycles. The van der Waals surface area contributed by atoms with Gasteiger partial charge < -0.3 is 10.2 Å². The Hall–Kier alpha value is -3.55. The molecule has 8 heteroatoms. The third kappa shape index (κ3) is 3.75. The van der Waals surface area contributed by atoms with E-state index in [4.69, 9.17) is 0 Å². The van der Waals surface area contributed by atoms with Crippen LogP contribution < -0.4 is 5.32 Å². The first-order valence-corrected chi connectivity index (χ1v) is 8.90. The van der Waals surface area contributed by atoms with E-state index < -0.39 is 5.82 Å². The first-order valence-electron chi connectivity index (χ1n) is 8.90. The third-order valence-corrected chi connectivity index (χ3v) is 4.56. The van der Waals surface area contributed by atoms with Gasteiger partial charge in [-0.1, -0.05) is 30.3 Å². The summed E-state index contributed by atoms with van der Waals surface area (Å²) < 4.78 is 14.7. The Labute approximate surface area is 160 Å². The molecule has 0 saturated carbocycles. The average molecular weight is 379 g/mol. The molecule has 0 bridgehead atoms. The van der Waals surface area contributed by atoms with Crippen molar-refractivity contribution in [2.75, 3.05) is 6.54 Å². The van der Waals surface area contributed by atoms with E-state index in [2.05, 4.69) is 15.4 Å². The summed E-state index contributed by atoms with van der Waals surface area (Å²) in [5.41, 5.74) is 2.28. The smallest absolute Gasteiger partial charge is 0.272 e. The van der Waals surface area contributed by atoms with Crippen molar-refractivity contribution in [3.05, 3.63) is 83.2 Å². The fraction of sp³-hybridized carbons (Fsp3) is 0.200. The van der Waals surface area contributed by atoms with Gasteiger partial charge in [-0.25, -0.2) is 9.37 Å². The highest BCUT2D eigenvalue weighted by atomic mass is 19.1. The molecule has 3 aromatic rings. The Morgan fingerprint density at radius 3 is 2.64 bits per heavy atom. The van der Waals surface area contributed by atoms with Crippen LogP contribution in [0.4, 0.5) is 4.39 Å². The van der Waals surface area contributed by atoms with Crippen molar-refractivity contribution in [3.63, 3.8) is 0 Å². The molecule has 0 spiro atoms. The number of hydrogen-bond donors (Lipinski definition) is 1. The lowest BCUT2D eigenvalue weighted by Gasteiger charge is -2.27. The maximum atomic E-state index is 13.0. The van der Waals surface area contributed by atoms with Gasteiger partial charge in [0.1, 0.15) is 11.5 Å². The molecule has 1 N–H and O–H groups in total. The molecule has 0 radical (unpaired) electrons. The number of nitrogens with zero attached hydrogens (tertiary/aromatic N) is 4. The summed E-state index contributed by atoms with van der Waals surface area (Å²) in [6.45, 7) is 1.66. The Bertz CT molecular complexity index is 1000. The highest BCUT2D eigenvalue weighted by Gasteiger charge is 2.25. The summed E-state index contributed by atoms with van der Waals surface area (Å²) in [6.07, 6.45) is 1.02. The van der Waals surface area contributed by atoms with E-state index in [1.807, 2.05) is 30.3 Å². The maximum absolute atomic E-state index is 13.0. The van der Waals surface area contributed by atoms with Gasteiger partial charge in [0.05, 0.1) is 25.0 Å². The Morgan fingerprint density at radius 1 is 1.07 bits per heavy atom. The standard InChI is InChI=1S/C20H18FN5O2/c21-15-6-7-17(22-12-15)20(28)25-8-9-26-16(13-25)10-18(24-26)19(27)23-11-14-4-2-1-3-5-14/h1-7,10,12H,8-9,11,13H2,(H,23,27). The van der Waals surface area contributed by atoms with Crippen molar-refractivity contribution < 1.29 is 14.0 Å². The Balaban J connectivity index is 1.42. The van der Waals surface area contributed by atoms with Crippen LogP contribution in [0.2, 0.25) is 0 Å². The van der Waals surface area contributed by atoms with Crippen molar-refractivity contribution in [3.8, 4) is 0 Å². The summed E-state index contributed by atoms with van der Waals surface area (Å²) in [7, 11) is 0. The van der Waals surface area contributed by atoms with Gasteiger partial charge >= 0.3 is 0 Å². The second-order valence-corrected chi connectivity index (χ2v) is 6.50. The molecule has 2 amide bonds. The molecule has 4 rings (SSSR count). The number of pyridine rings is 1. The quantitative estimate of drug-likeness (QED) is 0.752. The molecular weight excluding hydrogens is 361 g/mol. The second-order valence-electron chi connectivity index (χ2n) is 6.50. The van der Waals surface area contributed by atoms with Crippen LogP contribution in [0.15, 0.2) is 54.7 Å². The van der Waals surface area contributed by atoms with E-state index in [9.17, 15) is 14.0 Å². The molecule has 0 saturated heterocycles. The summed E-state index contributed by atoms with van der Waals surface area (Å²) in [5.74, 6) is -1.02. The number of benzene rings is 1. The highest BCUT2D eigenvalue weighted by Crippen LogP contribution is 2.16. The number of nitrogens with one attached hydrogen (secondary N) is 1. The van der Waals surface area contributed by atoms with Crippen LogP contribution in [0.5, 0.6) is 0 Å². The summed E-state index contributed by atoms with van der Waals surface area (Å²) in [6, 6.07) is 13.9. The van der Waals surface area contributed by atoms with E-state index in [1.165, 1.54) is 12.1 Å². The molecule has 1 aromatic carbocycles. The zero-order chi connectivity index (χ0) is 19.5. The van der Waals surface area contributed by atoms with Crippen molar-refractivity contribution in [2.45, 2.75) is 19.6 Å². The lowest BCUT2D eigenvalue weighted by molar-refractivity contribution is 0.0699. The number of halogens is 1. The lowest BCUT2D eigenvalue weighted by Crippen LogP contribution is -2.38. The van der Waals surface area contributed by atoms with E-state index in [1.54, 1.807) is 15.6 Å². The van der Waals surface area contributed by atoms with Gasteiger partial charge in [0.15, 0.2) is 5.69 Å². The Kier molecular flexibility index (Phi) is 4.84. The van der Waals surface area contributed by atoms with Gasteiger partial charge in [-0.05, 0) is 23.8 Å². The molecule has 7 nitrogen and oxygen atoms in total. The van der Waals surface area contributed by atoms with Crippen molar-refractivity contribution in [1.29, 1.82) is 0 Å². The molecule has 0 fully saturated rings. The largest absolute Gasteiger partial charge is 0.347 e. The van der Waals surface area contributed by atoms with Crippen molar-refractivity contribution in [2.24, 2.45) is 0 Å². The van der Waals surface area contributed by atoms with Gasteiger partial charge in [0.2, 0.25) is 0 Å². The normalized spacial score (nSPS) is 13.1. The van der Waals surface area contributed by atoms with E-state index in [0.29, 0.717) is 31.9 Å². The minimum Gasteiger partial charge on any atom is -0.347 e. The number of hydrogen-bond acceptors (Lipinski definition) is 4. The van der Waals surface area contributed by atoms with Crippen LogP contribution in [0.25, 0.3) is 0 Å². The molecule has 1 aliphatic heterocycles. The number of carbonyl (C=O) groups is 2. The molecule has 0 aliphatic carbocycles. The number of aromatic nitrogens is 3. The zero-order valence-electron chi connectivity index (χ0n) is 15.0. The van der Waals surface area contributed by atoms with Crippen LogP contribution in [-0.4, -0.2) is 38.0 Å². The van der Waals surface area contributed by atoms with Gasteiger partial charge in [0, 0.05) is 13.1 Å². The predicted molar refractivity (Wildman–Crippen MR) is 98.8 cm³/mol. The number of amides is 2. The van der Waals surface area contributed by atoms with Gasteiger partial charge in [-0.2, -0.15) is 5.10 Å². The van der Waals surface area contributed by atoms with Crippen LogP contribution in [0, 0.1) is 5.82 Å². The first kappa shape index (κ1) is 17.8. The summed E-state index contributed by atoms with van der Waals surface area (Å²) in [4.78, 5) is 30.4. The number of fused-ring (bicyclic) bond motifs is 1. The molecule has 142 valence electrons. The van der Waals surface area contributed by atoms with Gasteiger partial charge in [-0.3, -0.25) is 14.3 Å². The van der Waals surface area contributed by atoms with Crippen LogP contribution >= 0.6 is 0 Å². The van der Waals surface area contributed by atoms with E-state index >= 15 is 0 Å². The van der Waals surface area contributed by atoms with Crippen LogP contribution in [-0.2, 0) is 19.6 Å². The van der Waals surface area contributed by atoms with Crippen LogP contribution in [0.3, 0.4) is 0 Å². The molecule has 3 heterocycles. The monoisotopic (exact) mass is 379 g/mol. The summed E-state index contributed by atoms with van der Waals surface area (Å²) in [5, 5.41) is 7.19. The second kappa shape index (κ2) is 7.59. The third-order valence-electron chi connectivity index (χ3n) is 4.56. The first-order chi connectivity index (χ1) is 13.6. The minimum atomic E-state index is -0.487. The lowest BCUT2D eigenvalue weighted by atomic mass is 10.2. The van der Waals surface area contributed by atoms with Crippen LogP contribution in [0.1, 0.15) is 32.2 Å². The topological polar surface area (TPSA) is 80.1 Å². The fourth-order valence-corrected chi connectivity index (χ4v) is 3.08. The maximum Gasteiger partial charge on any atom is 0.272 e. The average Bonchev–Trinajstić information content (AvgIpc) is 3.16. The van der Waals surface area contributed by atoms with Crippen molar-refractivity contribution in [1.82, 2.24) is 25.0 Å². The SMILES string of the molecule is O=C(NCc1ccccc1)c1cc2n(n1)CCN(C(=O)c1ccc(F)cn1)C2. The van der Waals surface area contributed by atoms with E-state index in [0.717, 1.165) is 17.5 Å². The van der Waals surface area contributed by atoms with Gasteiger partial charge in [-0.15, -0.1) is 0 Å². The zero-order valence-corrected chi connectivity index (χ0v) is 15.0. The molecular formula is C20H18FN5O2. The molecule has 0 unspecified atom stereocenters. The molecule has 0 atom stereocenters. The Morgan fingerprint density at radius 2 is 1.89 bits per heavy atom. The predicted octanol–water partition coefficient (Wildman–Crippen LogP) is 2.00. The molecule has 1 aliphatic rings. The van der Waals surface area contributed by atoms with Crippen molar-refractivity contribution >= 4 is 11.8 Å². The highest BCUT2D eigenvalue weighted by molar-refractivity contribution is 5.93.